The summed E-state index contributed by atoms with van der Waals surface area (Å²) in [6, 6.07) is 5.65. The third kappa shape index (κ3) is 2.68. The van der Waals surface area contributed by atoms with Gasteiger partial charge >= 0.3 is 0 Å². The minimum Gasteiger partial charge on any atom is -0.438 e. The van der Waals surface area contributed by atoms with Gasteiger partial charge in [0.25, 0.3) is 0 Å². The molecular formula is C10H5BrClFN2O. The van der Waals surface area contributed by atoms with Gasteiger partial charge in [0, 0.05) is 12.3 Å². The first kappa shape index (κ1) is 11.3. The van der Waals surface area contributed by atoms with Crippen LogP contribution in [0.2, 0.25) is 5.28 Å². The van der Waals surface area contributed by atoms with Gasteiger partial charge in [0.05, 0.1) is 4.47 Å². The van der Waals surface area contributed by atoms with E-state index in [4.69, 9.17) is 16.3 Å². The van der Waals surface area contributed by atoms with Crippen molar-refractivity contribution in [2.45, 2.75) is 0 Å². The van der Waals surface area contributed by atoms with Crippen LogP contribution in [0.3, 0.4) is 0 Å². The molecule has 16 heavy (non-hydrogen) atoms. The van der Waals surface area contributed by atoms with Crippen molar-refractivity contribution in [3.8, 4) is 11.6 Å². The molecule has 0 aliphatic rings. The van der Waals surface area contributed by atoms with Gasteiger partial charge in [-0.15, -0.1) is 0 Å². The van der Waals surface area contributed by atoms with Gasteiger partial charge in [-0.25, -0.2) is 9.37 Å². The molecule has 0 aliphatic carbocycles. The van der Waals surface area contributed by atoms with Crippen LogP contribution >= 0.6 is 27.5 Å². The number of benzene rings is 1. The van der Waals surface area contributed by atoms with E-state index in [0.717, 1.165) is 0 Å². The summed E-state index contributed by atoms with van der Waals surface area (Å²) >= 11 is 8.78. The first-order valence-electron chi connectivity index (χ1n) is 4.26. The molecule has 3 nitrogen and oxygen atoms in total. The Morgan fingerprint density at radius 3 is 2.81 bits per heavy atom. The molecule has 0 fully saturated rings. The molecule has 0 saturated carbocycles. The van der Waals surface area contributed by atoms with Gasteiger partial charge in [-0.1, -0.05) is 0 Å². The Morgan fingerprint density at radius 2 is 2.12 bits per heavy atom. The lowest BCUT2D eigenvalue weighted by Crippen LogP contribution is -1.90. The summed E-state index contributed by atoms with van der Waals surface area (Å²) in [4.78, 5) is 7.57. The average Bonchev–Trinajstić information content (AvgIpc) is 2.22. The van der Waals surface area contributed by atoms with Gasteiger partial charge in [-0.3, -0.25) is 0 Å². The average molecular weight is 304 g/mol. The van der Waals surface area contributed by atoms with Crippen molar-refractivity contribution in [2.75, 3.05) is 0 Å². The minimum atomic E-state index is -0.347. The van der Waals surface area contributed by atoms with E-state index in [0.29, 0.717) is 16.1 Å². The summed E-state index contributed by atoms with van der Waals surface area (Å²) in [5.41, 5.74) is 0. The zero-order valence-corrected chi connectivity index (χ0v) is 10.2. The fourth-order valence-corrected chi connectivity index (χ4v) is 1.62. The quantitative estimate of drug-likeness (QED) is 0.791. The van der Waals surface area contributed by atoms with E-state index in [9.17, 15) is 4.39 Å². The molecule has 0 unspecified atom stereocenters. The van der Waals surface area contributed by atoms with Crippen molar-refractivity contribution >= 4 is 27.5 Å². The molecule has 0 saturated heterocycles. The summed E-state index contributed by atoms with van der Waals surface area (Å²) in [6.45, 7) is 0. The maximum absolute atomic E-state index is 12.8. The molecule has 1 aromatic heterocycles. The Labute approximate surface area is 104 Å². The van der Waals surface area contributed by atoms with E-state index < -0.39 is 0 Å². The second-order valence-electron chi connectivity index (χ2n) is 2.84. The van der Waals surface area contributed by atoms with Gasteiger partial charge in [-0.2, -0.15) is 4.98 Å². The topological polar surface area (TPSA) is 35.0 Å². The lowest BCUT2D eigenvalue weighted by Gasteiger charge is -2.06. The number of halogens is 3. The maximum atomic E-state index is 12.8. The Morgan fingerprint density at radius 1 is 1.31 bits per heavy atom. The van der Waals surface area contributed by atoms with Crippen LogP contribution in [-0.2, 0) is 0 Å². The summed E-state index contributed by atoms with van der Waals surface area (Å²) in [5.74, 6) is 0.406. The Kier molecular flexibility index (Phi) is 3.36. The number of rotatable bonds is 2. The molecule has 0 amide bonds. The first-order chi connectivity index (χ1) is 7.65. The van der Waals surface area contributed by atoms with Gasteiger partial charge in [0.1, 0.15) is 11.6 Å². The van der Waals surface area contributed by atoms with Crippen molar-refractivity contribution in [3.05, 3.63) is 46.0 Å². The minimum absolute atomic E-state index is 0.0933. The normalized spacial score (nSPS) is 10.2. The lowest BCUT2D eigenvalue weighted by atomic mass is 10.3. The molecule has 2 aromatic rings. The zero-order chi connectivity index (χ0) is 11.5. The van der Waals surface area contributed by atoms with Crippen molar-refractivity contribution in [1.29, 1.82) is 0 Å². The molecule has 0 radical (unpaired) electrons. The van der Waals surface area contributed by atoms with Gasteiger partial charge in [0.15, 0.2) is 0 Å². The SMILES string of the molecule is Fc1ccc(Oc2ccnc(Cl)n2)c(Br)c1. The zero-order valence-electron chi connectivity index (χ0n) is 7.82. The van der Waals surface area contributed by atoms with Crippen LogP contribution in [0.5, 0.6) is 11.6 Å². The third-order valence-corrected chi connectivity index (χ3v) is 2.51. The molecule has 0 atom stereocenters. The van der Waals surface area contributed by atoms with E-state index >= 15 is 0 Å². The second kappa shape index (κ2) is 4.76. The molecule has 2 rings (SSSR count). The van der Waals surface area contributed by atoms with Gasteiger partial charge in [-0.05, 0) is 45.7 Å². The largest absolute Gasteiger partial charge is 0.438 e. The van der Waals surface area contributed by atoms with Crippen LogP contribution in [0.15, 0.2) is 34.9 Å². The van der Waals surface area contributed by atoms with Gasteiger partial charge < -0.3 is 4.74 Å². The predicted molar refractivity (Wildman–Crippen MR) is 61.2 cm³/mol. The van der Waals surface area contributed by atoms with Crippen LogP contribution in [0.4, 0.5) is 4.39 Å². The van der Waals surface area contributed by atoms with Gasteiger partial charge in [0.2, 0.25) is 11.2 Å². The molecule has 0 N–H and O–H groups in total. The number of hydrogen-bond donors (Lipinski definition) is 0. The smallest absolute Gasteiger partial charge is 0.225 e. The van der Waals surface area contributed by atoms with Crippen LogP contribution in [0, 0.1) is 5.82 Å². The van der Waals surface area contributed by atoms with Crippen molar-refractivity contribution in [3.63, 3.8) is 0 Å². The molecule has 6 heteroatoms. The molecule has 1 aromatic carbocycles. The highest BCUT2D eigenvalue weighted by molar-refractivity contribution is 9.10. The number of ether oxygens (including phenoxy) is 1. The first-order valence-corrected chi connectivity index (χ1v) is 5.44. The Bertz CT molecular complexity index is 524. The predicted octanol–water partition coefficient (Wildman–Crippen LogP) is 3.82. The van der Waals surface area contributed by atoms with E-state index in [1.807, 2.05) is 0 Å². The summed E-state index contributed by atoms with van der Waals surface area (Å²) in [6.07, 6.45) is 1.47. The van der Waals surface area contributed by atoms with E-state index in [-0.39, 0.29) is 11.1 Å². The lowest BCUT2D eigenvalue weighted by molar-refractivity contribution is 0.457. The van der Waals surface area contributed by atoms with Crippen molar-refractivity contribution in [2.24, 2.45) is 0 Å². The standard InChI is InChI=1S/C10H5BrClFN2O/c11-7-5-6(13)1-2-8(7)16-9-3-4-14-10(12)15-9/h1-5H. The molecule has 0 spiro atoms. The molecule has 1 heterocycles. The number of nitrogens with zero attached hydrogens (tertiary/aromatic N) is 2. The fraction of sp³-hybridized carbons (Fsp3) is 0. The highest BCUT2D eigenvalue weighted by Gasteiger charge is 2.05. The van der Waals surface area contributed by atoms with Crippen LogP contribution < -0.4 is 4.74 Å². The molecule has 0 bridgehead atoms. The molecule has 82 valence electrons. The monoisotopic (exact) mass is 302 g/mol. The number of hydrogen-bond acceptors (Lipinski definition) is 3. The summed E-state index contributed by atoms with van der Waals surface area (Å²) < 4.78 is 18.7. The maximum Gasteiger partial charge on any atom is 0.225 e. The van der Waals surface area contributed by atoms with E-state index in [2.05, 4.69) is 25.9 Å². The molecular weight excluding hydrogens is 298 g/mol. The highest BCUT2D eigenvalue weighted by Crippen LogP contribution is 2.29. The van der Waals surface area contributed by atoms with E-state index in [1.54, 1.807) is 6.07 Å². The number of aromatic nitrogens is 2. The second-order valence-corrected chi connectivity index (χ2v) is 4.03. The van der Waals surface area contributed by atoms with Crippen LogP contribution in [0.1, 0.15) is 0 Å². The van der Waals surface area contributed by atoms with Crippen LogP contribution in [0.25, 0.3) is 0 Å². The van der Waals surface area contributed by atoms with Crippen LogP contribution in [-0.4, -0.2) is 9.97 Å². The highest BCUT2D eigenvalue weighted by atomic mass is 79.9. The fourth-order valence-electron chi connectivity index (χ4n) is 1.05. The molecule has 0 aliphatic heterocycles. The Hall–Kier alpha value is -1.20. The third-order valence-electron chi connectivity index (χ3n) is 1.71. The van der Waals surface area contributed by atoms with Crippen molar-refractivity contribution < 1.29 is 9.13 Å². The van der Waals surface area contributed by atoms with E-state index in [1.165, 1.54) is 24.4 Å². The van der Waals surface area contributed by atoms with Crippen molar-refractivity contribution in [1.82, 2.24) is 9.97 Å². The summed E-state index contributed by atoms with van der Waals surface area (Å²) in [7, 11) is 0. The summed E-state index contributed by atoms with van der Waals surface area (Å²) in [5, 5.41) is 0.0933. The Balaban J connectivity index is 2.27.